The Balaban J connectivity index is 2.08. The Hall–Kier alpha value is -1.89. The Morgan fingerprint density at radius 3 is 2.61 bits per heavy atom. The van der Waals surface area contributed by atoms with Crippen molar-refractivity contribution in [2.45, 2.75) is 0 Å². The lowest BCUT2D eigenvalue weighted by Gasteiger charge is -2.08. The first-order valence-electron chi connectivity index (χ1n) is 6.88. The van der Waals surface area contributed by atoms with Gasteiger partial charge in [0.05, 0.1) is 20.8 Å². The van der Waals surface area contributed by atoms with E-state index in [4.69, 9.17) is 5.73 Å². The summed E-state index contributed by atoms with van der Waals surface area (Å²) in [5, 5.41) is 4.12. The van der Waals surface area contributed by atoms with Crippen LogP contribution in [0.4, 0.5) is 0 Å². The first kappa shape index (κ1) is 14.7. The van der Waals surface area contributed by atoms with Gasteiger partial charge in [-0.1, -0.05) is 18.2 Å². The zero-order valence-electron chi connectivity index (χ0n) is 11.8. The van der Waals surface area contributed by atoms with Gasteiger partial charge in [-0.25, -0.2) is 0 Å². The third-order valence-electron chi connectivity index (χ3n) is 3.71. The topological polar surface area (TPSA) is 58.9 Å². The van der Waals surface area contributed by atoms with E-state index in [1.807, 2.05) is 24.3 Å². The van der Waals surface area contributed by atoms with E-state index in [2.05, 4.69) is 37.7 Å². The number of halogens is 1. The second-order valence-electron chi connectivity index (χ2n) is 5.05. The second kappa shape index (κ2) is 5.63. The van der Waals surface area contributed by atoms with E-state index in [0.717, 1.165) is 31.7 Å². The van der Waals surface area contributed by atoms with Crippen LogP contribution in [0.2, 0.25) is 0 Å². The van der Waals surface area contributed by atoms with E-state index < -0.39 is 5.91 Å². The highest BCUT2D eigenvalue weighted by molar-refractivity contribution is 9.10. The van der Waals surface area contributed by atoms with Crippen molar-refractivity contribution in [1.82, 2.24) is 4.98 Å². The molecule has 0 aliphatic carbocycles. The fourth-order valence-corrected chi connectivity index (χ4v) is 5.32. The van der Waals surface area contributed by atoms with Gasteiger partial charge in [-0.2, -0.15) is 0 Å². The molecule has 3 aromatic heterocycles. The first-order valence-corrected chi connectivity index (χ1v) is 9.44. The number of benzene rings is 1. The van der Waals surface area contributed by atoms with Gasteiger partial charge in [-0.15, -0.1) is 22.7 Å². The van der Waals surface area contributed by atoms with Crippen molar-refractivity contribution >= 4 is 54.7 Å². The van der Waals surface area contributed by atoms with Gasteiger partial charge in [-0.3, -0.25) is 4.79 Å². The fourth-order valence-electron chi connectivity index (χ4n) is 2.72. The number of aromatic amines is 1. The minimum Gasteiger partial charge on any atom is -0.366 e. The number of H-pyrrole nitrogens is 1. The summed E-state index contributed by atoms with van der Waals surface area (Å²) >= 11 is 6.99. The molecule has 0 spiro atoms. The van der Waals surface area contributed by atoms with E-state index in [1.54, 1.807) is 28.7 Å². The highest BCUT2D eigenvalue weighted by Crippen LogP contribution is 2.46. The number of aromatic nitrogens is 1. The first-order chi connectivity index (χ1) is 11.2. The molecule has 0 atom stereocenters. The predicted molar refractivity (Wildman–Crippen MR) is 101 cm³/mol. The number of nitrogens with one attached hydrogen (secondary N) is 1. The molecule has 0 fully saturated rings. The summed E-state index contributed by atoms with van der Waals surface area (Å²) in [6.07, 6.45) is 0. The van der Waals surface area contributed by atoms with E-state index >= 15 is 0 Å². The standard InChI is InChI=1S/C17H11BrN2OS2/c18-11-5-7-22-15(11)13-14(20-12-6-8-23-16(12)13)9-3-1-2-4-10(9)17(19)21/h1-8,20H,(H2,19,21). The maximum absolute atomic E-state index is 11.8. The SMILES string of the molecule is NC(=O)c1ccccc1-c1[nH]c2ccsc2c1-c1sccc1Br. The van der Waals surface area contributed by atoms with Crippen molar-refractivity contribution in [3.05, 3.63) is 57.2 Å². The molecule has 3 heterocycles. The summed E-state index contributed by atoms with van der Waals surface area (Å²) in [6, 6.07) is 11.5. The van der Waals surface area contributed by atoms with Crippen molar-refractivity contribution in [3.63, 3.8) is 0 Å². The number of carbonyl (C=O) groups is 1. The predicted octanol–water partition coefficient (Wildman–Crippen LogP) is 5.49. The number of thiophene rings is 2. The molecule has 1 aromatic carbocycles. The zero-order valence-corrected chi connectivity index (χ0v) is 15.0. The Morgan fingerprint density at radius 2 is 1.87 bits per heavy atom. The number of hydrogen-bond acceptors (Lipinski definition) is 3. The molecule has 4 aromatic rings. The number of fused-ring (bicyclic) bond motifs is 1. The van der Waals surface area contributed by atoms with E-state index in [9.17, 15) is 4.79 Å². The van der Waals surface area contributed by atoms with Crippen molar-refractivity contribution in [3.8, 4) is 21.7 Å². The van der Waals surface area contributed by atoms with E-state index in [-0.39, 0.29) is 0 Å². The Kier molecular flexibility index (Phi) is 3.60. The summed E-state index contributed by atoms with van der Waals surface area (Å²) in [6.45, 7) is 0. The highest BCUT2D eigenvalue weighted by Gasteiger charge is 2.21. The lowest BCUT2D eigenvalue weighted by Crippen LogP contribution is -2.12. The summed E-state index contributed by atoms with van der Waals surface area (Å²) in [5.41, 5.74) is 10.0. The minimum absolute atomic E-state index is 0.422. The highest BCUT2D eigenvalue weighted by atomic mass is 79.9. The van der Waals surface area contributed by atoms with Crippen molar-refractivity contribution in [2.75, 3.05) is 0 Å². The molecule has 1 amide bonds. The number of primary amides is 1. The summed E-state index contributed by atoms with van der Waals surface area (Å²) in [5.74, 6) is -0.422. The smallest absolute Gasteiger partial charge is 0.249 e. The van der Waals surface area contributed by atoms with Crippen molar-refractivity contribution in [2.24, 2.45) is 5.73 Å². The number of amides is 1. The van der Waals surface area contributed by atoms with Gasteiger partial charge in [0.25, 0.3) is 0 Å². The summed E-state index contributed by atoms with van der Waals surface area (Å²) in [4.78, 5) is 16.4. The number of nitrogens with two attached hydrogens (primary N) is 1. The largest absolute Gasteiger partial charge is 0.366 e. The maximum Gasteiger partial charge on any atom is 0.249 e. The van der Waals surface area contributed by atoms with E-state index in [0.29, 0.717) is 5.56 Å². The molecule has 0 radical (unpaired) electrons. The Bertz CT molecular complexity index is 1030. The normalized spacial score (nSPS) is 11.2. The van der Waals surface area contributed by atoms with Crippen LogP contribution in [0.3, 0.4) is 0 Å². The molecular formula is C17H11BrN2OS2. The minimum atomic E-state index is -0.422. The molecule has 3 N–H and O–H groups in total. The van der Waals surface area contributed by atoms with Crippen LogP contribution < -0.4 is 5.73 Å². The Labute approximate surface area is 148 Å². The van der Waals surface area contributed by atoms with Crippen molar-refractivity contribution in [1.29, 1.82) is 0 Å². The van der Waals surface area contributed by atoms with Crippen LogP contribution >= 0.6 is 38.6 Å². The second-order valence-corrected chi connectivity index (χ2v) is 7.73. The number of rotatable bonds is 3. The van der Waals surface area contributed by atoms with Crippen LogP contribution in [0.25, 0.3) is 31.9 Å². The van der Waals surface area contributed by atoms with Gasteiger partial charge in [0, 0.05) is 21.2 Å². The molecule has 0 aliphatic heterocycles. The third kappa shape index (κ3) is 2.34. The molecule has 0 bridgehead atoms. The number of carbonyl (C=O) groups excluding carboxylic acids is 1. The van der Waals surface area contributed by atoms with Crippen LogP contribution in [-0.4, -0.2) is 10.9 Å². The van der Waals surface area contributed by atoms with Gasteiger partial charge >= 0.3 is 0 Å². The molecule has 0 saturated carbocycles. The number of hydrogen-bond donors (Lipinski definition) is 2. The monoisotopic (exact) mass is 402 g/mol. The van der Waals surface area contributed by atoms with Crippen LogP contribution in [0.15, 0.2) is 51.6 Å². The fraction of sp³-hybridized carbons (Fsp3) is 0. The molecule has 3 nitrogen and oxygen atoms in total. The van der Waals surface area contributed by atoms with Crippen molar-refractivity contribution < 1.29 is 4.79 Å². The maximum atomic E-state index is 11.8. The van der Waals surface area contributed by atoms with Gasteiger partial charge in [0.15, 0.2) is 0 Å². The molecular weight excluding hydrogens is 392 g/mol. The molecule has 0 aliphatic rings. The van der Waals surface area contributed by atoms with E-state index in [1.165, 1.54) is 4.70 Å². The molecule has 0 unspecified atom stereocenters. The zero-order chi connectivity index (χ0) is 16.0. The van der Waals surface area contributed by atoms with Gasteiger partial charge in [0.1, 0.15) is 0 Å². The van der Waals surface area contributed by atoms with Gasteiger partial charge in [0.2, 0.25) is 5.91 Å². The lowest BCUT2D eigenvalue weighted by atomic mass is 10.0. The van der Waals surface area contributed by atoms with Gasteiger partial charge < -0.3 is 10.7 Å². The molecule has 6 heteroatoms. The molecule has 23 heavy (non-hydrogen) atoms. The summed E-state index contributed by atoms with van der Waals surface area (Å²) < 4.78 is 2.23. The average Bonchev–Trinajstić information content (AvgIpc) is 3.22. The quantitative estimate of drug-likeness (QED) is 0.467. The van der Waals surface area contributed by atoms with Crippen LogP contribution in [0.1, 0.15) is 10.4 Å². The molecule has 0 saturated heterocycles. The summed E-state index contributed by atoms with van der Waals surface area (Å²) in [7, 11) is 0. The third-order valence-corrected chi connectivity index (χ3v) is 6.50. The van der Waals surface area contributed by atoms with Crippen LogP contribution in [0, 0.1) is 0 Å². The van der Waals surface area contributed by atoms with Gasteiger partial charge in [-0.05, 0) is 44.9 Å². The van der Waals surface area contributed by atoms with Crippen LogP contribution in [0.5, 0.6) is 0 Å². The lowest BCUT2D eigenvalue weighted by molar-refractivity contribution is 0.100. The molecule has 114 valence electrons. The molecule has 4 rings (SSSR count). The van der Waals surface area contributed by atoms with Crippen LogP contribution in [-0.2, 0) is 0 Å². The Morgan fingerprint density at radius 1 is 1.09 bits per heavy atom. The average molecular weight is 403 g/mol.